The van der Waals surface area contributed by atoms with Crippen LogP contribution in [0.25, 0.3) is 83.9 Å². The maximum Gasteiger partial charge on any atom is 0.149 e. The molecule has 0 amide bonds. The Morgan fingerprint density at radius 1 is 0.541 bits per heavy atom. The summed E-state index contributed by atoms with van der Waals surface area (Å²) in [6.07, 6.45) is -0.190. The minimum atomic E-state index is -0.352. The molecule has 9 rings (SSSR count). The second-order valence-corrected chi connectivity index (χ2v) is 18.0. The van der Waals surface area contributed by atoms with Crippen molar-refractivity contribution in [1.29, 1.82) is 0 Å². The van der Waals surface area contributed by atoms with Gasteiger partial charge in [0, 0.05) is 28.6 Å². The zero-order valence-electron chi connectivity index (χ0n) is 38.8. The standard InChI is InChI=1S/C57H51N3O/c1-37-16-14-21-41(30-37)42-28-29-58-51(34-42)45-32-43(39-19-12-9-13-20-39)31-44(33-45)48-22-15-23-52-53(48)59-55(49-35-46(56(2,3)4)36-50(54(49)61)57(5,6)7)60(52)47-26-24-40(25-27-47)38-17-10-8-11-18-38/h8-36,61H,1-7H3/i28D,29D,34D. The van der Waals surface area contributed by atoms with Crippen LogP contribution in [0.5, 0.6) is 5.75 Å². The van der Waals surface area contributed by atoms with E-state index >= 15 is 0 Å². The van der Waals surface area contributed by atoms with Crippen molar-refractivity contribution < 1.29 is 9.22 Å². The Hall–Kier alpha value is -7.04. The predicted octanol–water partition coefficient (Wildman–Crippen LogP) is 15.0. The number of imidazole rings is 1. The van der Waals surface area contributed by atoms with Gasteiger partial charge in [0.15, 0.2) is 0 Å². The SMILES string of the molecule is [2H]c1nc(-c2cc(-c3ccccc3)cc(-c3cccc4c3nc(-c3cc(C(C)(C)C)cc(C(C)(C)C)c3O)n4-c3ccc(-c4ccccc4)cc3)c2)c([2H])c(-c2cccc(C)c2)c1[2H]. The first kappa shape index (κ1) is 35.9. The largest absolute Gasteiger partial charge is 0.507 e. The Bertz CT molecular complexity index is 3210. The molecule has 0 saturated carbocycles. The number of rotatable bonds is 7. The molecule has 0 radical (unpaired) electrons. The molecule has 300 valence electrons. The molecule has 0 atom stereocenters. The number of nitrogens with zero attached hydrogens (tertiary/aromatic N) is 3. The minimum absolute atomic E-state index is 0.0770. The van der Waals surface area contributed by atoms with Crippen molar-refractivity contribution >= 4 is 11.0 Å². The fraction of sp³-hybridized carbons (Fsp3) is 0.158. The Labute approximate surface area is 364 Å². The zero-order valence-corrected chi connectivity index (χ0v) is 35.8. The smallest absolute Gasteiger partial charge is 0.149 e. The number of hydrogen-bond acceptors (Lipinski definition) is 3. The van der Waals surface area contributed by atoms with Crippen molar-refractivity contribution in [3.05, 3.63) is 193 Å². The molecule has 61 heavy (non-hydrogen) atoms. The quantitative estimate of drug-likeness (QED) is 0.175. The molecule has 0 aliphatic carbocycles. The molecule has 2 heterocycles. The van der Waals surface area contributed by atoms with Crippen LogP contribution < -0.4 is 0 Å². The Kier molecular flexibility index (Phi) is 9.13. The van der Waals surface area contributed by atoms with Gasteiger partial charge in [0.2, 0.25) is 0 Å². The summed E-state index contributed by atoms with van der Waals surface area (Å²) in [7, 11) is 0. The number of aryl methyl sites for hydroxylation is 1. The van der Waals surface area contributed by atoms with Gasteiger partial charge in [0.25, 0.3) is 0 Å². The zero-order chi connectivity index (χ0) is 45.1. The van der Waals surface area contributed by atoms with E-state index in [1.165, 1.54) is 0 Å². The molecule has 0 fully saturated rings. The first-order chi connectivity index (χ1) is 30.6. The second kappa shape index (κ2) is 15.5. The molecule has 0 unspecified atom stereocenters. The van der Waals surface area contributed by atoms with Gasteiger partial charge in [-0.3, -0.25) is 9.55 Å². The highest BCUT2D eigenvalue weighted by atomic mass is 16.3. The van der Waals surface area contributed by atoms with Gasteiger partial charge in [-0.1, -0.05) is 162 Å². The topological polar surface area (TPSA) is 50.9 Å². The van der Waals surface area contributed by atoms with Crippen molar-refractivity contribution in [2.75, 3.05) is 0 Å². The molecule has 9 aromatic rings. The molecule has 0 aliphatic rings. The van der Waals surface area contributed by atoms with Gasteiger partial charge in [0.1, 0.15) is 11.6 Å². The number of para-hydroxylation sites is 1. The summed E-state index contributed by atoms with van der Waals surface area (Å²) in [4.78, 5) is 10.1. The van der Waals surface area contributed by atoms with E-state index in [-0.39, 0.29) is 34.8 Å². The first-order valence-corrected chi connectivity index (χ1v) is 20.9. The van der Waals surface area contributed by atoms with E-state index in [9.17, 15) is 6.48 Å². The molecule has 0 spiro atoms. The molecule has 2 aromatic heterocycles. The Morgan fingerprint density at radius 2 is 1.16 bits per heavy atom. The van der Waals surface area contributed by atoms with Gasteiger partial charge in [-0.15, -0.1) is 0 Å². The molecule has 4 heteroatoms. The van der Waals surface area contributed by atoms with Crippen LogP contribution in [0.1, 0.15) is 62.3 Å². The van der Waals surface area contributed by atoms with Crippen LogP contribution in [0.3, 0.4) is 0 Å². The van der Waals surface area contributed by atoms with Crippen LogP contribution in [0.4, 0.5) is 0 Å². The molecule has 0 aliphatic heterocycles. The fourth-order valence-electron chi connectivity index (χ4n) is 8.13. The van der Waals surface area contributed by atoms with E-state index < -0.39 is 0 Å². The van der Waals surface area contributed by atoms with Gasteiger partial charge in [-0.2, -0.15) is 0 Å². The number of pyridine rings is 1. The summed E-state index contributed by atoms with van der Waals surface area (Å²) in [5.41, 5.74) is 13.4. The lowest BCUT2D eigenvalue weighted by Crippen LogP contribution is -2.17. The van der Waals surface area contributed by atoms with Crippen LogP contribution in [0.15, 0.2) is 176 Å². The van der Waals surface area contributed by atoms with Gasteiger partial charge in [0.05, 0.1) is 26.4 Å². The highest BCUT2D eigenvalue weighted by Gasteiger charge is 2.28. The average Bonchev–Trinajstić information content (AvgIpc) is 3.67. The Morgan fingerprint density at radius 3 is 1.84 bits per heavy atom. The maximum atomic E-state index is 12.3. The number of hydrogen-bond donors (Lipinski definition) is 1. The van der Waals surface area contributed by atoms with Crippen molar-refractivity contribution in [3.8, 4) is 78.6 Å². The van der Waals surface area contributed by atoms with Crippen LogP contribution in [-0.4, -0.2) is 19.6 Å². The van der Waals surface area contributed by atoms with Crippen LogP contribution in [-0.2, 0) is 10.8 Å². The minimum Gasteiger partial charge on any atom is -0.507 e. The number of benzene rings is 7. The number of aromatic nitrogens is 3. The van der Waals surface area contributed by atoms with E-state index in [0.717, 1.165) is 66.8 Å². The van der Waals surface area contributed by atoms with Gasteiger partial charge in [-0.05, 0) is 117 Å². The lowest BCUT2D eigenvalue weighted by Gasteiger charge is -2.27. The summed E-state index contributed by atoms with van der Waals surface area (Å²) in [6.45, 7) is 14.9. The van der Waals surface area contributed by atoms with E-state index in [1.807, 2.05) is 85.8 Å². The van der Waals surface area contributed by atoms with E-state index in [0.29, 0.717) is 33.8 Å². The van der Waals surface area contributed by atoms with E-state index in [2.05, 4.69) is 130 Å². The van der Waals surface area contributed by atoms with E-state index in [1.54, 1.807) is 0 Å². The van der Waals surface area contributed by atoms with Crippen molar-refractivity contribution in [2.45, 2.75) is 59.3 Å². The maximum absolute atomic E-state index is 12.3. The molecule has 0 bridgehead atoms. The molecular weight excluding hydrogens is 743 g/mol. The first-order valence-electron chi connectivity index (χ1n) is 22.4. The average molecular weight is 797 g/mol. The summed E-state index contributed by atoms with van der Waals surface area (Å²) < 4.78 is 29.4. The fourth-order valence-corrected chi connectivity index (χ4v) is 8.13. The highest BCUT2D eigenvalue weighted by Crippen LogP contribution is 2.45. The third kappa shape index (κ3) is 7.78. The summed E-state index contributed by atoms with van der Waals surface area (Å²) in [6, 6.07) is 53.3. The summed E-state index contributed by atoms with van der Waals surface area (Å²) >= 11 is 0. The van der Waals surface area contributed by atoms with Gasteiger partial charge >= 0.3 is 0 Å². The van der Waals surface area contributed by atoms with E-state index in [4.69, 9.17) is 7.73 Å². The normalized spacial score (nSPS) is 12.6. The predicted molar refractivity (Wildman–Crippen MR) is 255 cm³/mol. The monoisotopic (exact) mass is 796 g/mol. The molecule has 7 aromatic carbocycles. The number of phenolic OH excluding ortho intramolecular Hbond substituents is 1. The molecular formula is C57H51N3O. The molecule has 1 N–H and O–H groups in total. The van der Waals surface area contributed by atoms with Crippen molar-refractivity contribution in [3.63, 3.8) is 0 Å². The van der Waals surface area contributed by atoms with Gasteiger partial charge in [-0.25, -0.2) is 4.98 Å². The Balaban J connectivity index is 1.33. The van der Waals surface area contributed by atoms with Crippen molar-refractivity contribution in [2.24, 2.45) is 0 Å². The lowest BCUT2D eigenvalue weighted by molar-refractivity contribution is 0.446. The van der Waals surface area contributed by atoms with Crippen LogP contribution in [0, 0.1) is 6.92 Å². The second-order valence-electron chi connectivity index (χ2n) is 18.0. The highest BCUT2D eigenvalue weighted by molar-refractivity contribution is 5.98. The van der Waals surface area contributed by atoms with Gasteiger partial charge < -0.3 is 5.11 Å². The summed E-state index contributed by atoms with van der Waals surface area (Å²) in [5, 5.41) is 12.3. The molecule has 0 saturated heterocycles. The van der Waals surface area contributed by atoms with Crippen molar-refractivity contribution in [1.82, 2.24) is 14.5 Å². The lowest BCUT2D eigenvalue weighted by atomic mass is 9.79. The number of fused-ring (bicyclic) bond motifs is 1. The number of phenols is 1. The third-order valence-electron chi connectivity index (χ3n) is 11.5. The number of aromatic hydroxyl groups is 1. The molecule has 4 nitrogen and oxygen atoms in total. The third-order valence-corrected chi connectivity index (χ3v) is 11.5. The van der Waals surface area contributed by atoms with Crippen LogP contribution in [0.2, 0.25) is 0 Å². The van der Waals surface area contributed by atoms with Crippen LogP contribution >= 0.6 is 0 Å². The summed E-state index contributed by atoms with van der Waals surface area (Å²) in [5.74, 6) is 0.821.